The molecule has 1 aromatic carbocycles. The van der Waals surface area contributed by atoms with Crippen LogP contribution in [0.4, 0.5) is 19.4 Å². The Kier molecular flexibility index (Phi) is 5.43. The molecule has 1 N–H and O–H groups in total. The third-order valence-electron chi connectivity index (χ3n) is 2.59. The van der Waals surface area contributed by atoms with E-state index in [0.29, 0.717) is 3.57 Å². The van der Waals surface area contributed by atoms with Crippen LogP contribution in [0.5, 0.6) is 0 Å². The quantitative estimate of drug-likeness (QED) is 0.771. The summed E-state index contributed by atoms with van der Waals surface area (Å²) in [4.78, 5) is 15.4. The van der Waals surface area contributed by atoms with E-state index in [1.54, 1.807) is 34.7 Å². The molecule has 1 aromatic heterocycles. The Morgan fingerprint density at radius 3 is 2.67 bits per heavy atom. The third-order valence-corrected chi connectivity index (χ3v) is 3.53. The molecule has 1 heterocycles. The second-order valence-electron chi connectivity index (χ2n) is 4.04. The van der Waals surface area contributed by atoms with Gasteiger partial charge in [0, 0.05) is 9.77 Å². The molecule has 7 heteroatoms. The molecule has 4 nitrogen and oxygen atoms in total. The number of carbonyl (C=O) groups is 1. The minimum Gasteiger partial charge on any atom is -0.444 e. The Labute approximate surface area is 133 Å². The molecule has 0 atom stereocenters. The highest BCUT2D eigenvalue weighted by molar-refractivity contribution is 14.1. The smallest absolute Gasteiger partial charge is 0.413 e. The van der Waals surface area contributed by atoms with Crippen molar-refractivity contribution in [2.24, 2.45) is 0 Å². The summed E-state index contributed by atoms with van der Waals surface area (Å²) in [6.07, 6.45) is -2.20. The van der Waals surface area contributed by atoms with Gasteiger partial charge in [-0.25, -0.2) is 18.6 Å². The van der Waals surface area contributed by atoms with Gasteiger partial charge < -0.3 is 4.74 Å². The van der Waals surface area contributed by atoms with Crippen molar-refractivity contribution >= 4 is 34.5 Å². The summed E-state index contributed by atoms with van der Waals surface area (Å²) < 4.78 is 31.2. The van der Waals surface area contributed by atoms with Gasteiger partial charge >= 0.3 is 6.09 Å². The molecule has 0 unspecified atom stereocenters. The zero-order valence-electron chi connectivity index (χ0n) is 10.7. The van der Waals surface area contributed by atoms with E-state index in [0.717, 1.165) is 5.56 Å². The lowest BCUT2D eigenvalue weighted by Crippen LogP contribution is -2.16. The Bertz CT molecular complexity index is 624. The normalized spacial score (nSPS) is 10.5. The Balaban J connectivity index is 2.02. The van der Waals surface area contributed by atoms with Gasteiger partial charge in [-0.05, 0) is 34.2 Å². The van der Waals surface area contributed by atoms with Gasteiger partial charge in [0.1, 0.15) is 12.4 Å². The van der Waals surface area contributed by atoms with E-state index < -0.39 is 12.5 Å². The molecule has 0 aliphatic rings. The number of amides is 1. The number of anilines is 1. The summed E-state index contributed by atoms with van der Waals surface area (Å²) >= 11 is 1.77. The fourth-order valence-electron chi connectivity index (χ4n) is 1.61. The predicted octanol–water partition coefficient (Wildman–Crippen LogP) is 4.37. The van der Waals surface area contributed by atoms with Crippen molar-refractivity contribution in [1.29, 1.82) is 0 Å². The number of hydrogen-bond donors (Lipinski definition) is 1. The van der Waals surface area contributed by atoms with Gasteiger partial charge in [-0.3, -0.25) is 5.32 Å². The largest absolute Gasteiger partial charge is 0.444 e. The van der Waals surface area contributed by atoms with Gasteiger partial charge in [0.2, 0.25) is 0 Å². The van der Waals surface area contributed by atoms with E-state index in [4.69, 9.17) is 4.74 Å². The van der Waals surface area contributed by atoms with Crippen molar-refractivity contribution in [2.75, 3.05) is 5.32 Å². The number of benzene rings is 1. The number of alkyl halides is 2. The number of nitrogens with zero attached hydrogens (tertiary/aromatic N) is 1. The van der Waals surface area contributed by atoms with Crippen LogP contribution in [0.25, 0.3) is 0 Å². The van der Waals surface area contributed by atoms with Crippen molar-refractivity contribution < 1.29 is 18.3 Å². The first-order valence-electron chi connectivity index (χ1n) is 5.98. The highest BCUT2D eigenvalue weighted by atomic mass is 127. The van der Waals surface area contributed by atoms with Crippen molar-refractivity contribution in [3.8, 4) is 0 Å². The average Bonchev–Trinajstić information content (AvgIpc) is 2.46. The van der Waals surface area contributed by atoms with Crippen molar-refractivity contribution in [3.05, 3.63) is 57.3 Å². The van der Waals surface area contributed by atoms with Gasteiger partial charge in [-0.15, -0.1) is 0 Å². The number of pyridine rings is 1. The van der Waals surface area contributed by atoms with Gasteiger partial charge in [-0.1, -0.05) is 30.3 Å². The average molecular weight is 404 g/mol. The Morgan fingerprint density at radius 2 is 2.00 bits per heavy atom. The lowest BCUT2D eigenvalue weighted by atomic mass is 10.2. The summed E-state index contributed by atoms with van der Waals surface area (Å²) in [5.74, 6) is -0.185. The molecular formula is C14H11F2IN2O2. The highest BCUT2D eigenvalue weighted by Gasteiger charge is 2.19. The minimum absolute atomic E-state index is 0.0562. The number of nitrogens with one attached hydrogen (secondary N) is 1. The molecule has 2 rings (SSSR count). The molecule has 0 saturated carbocycles. The molecular weight excluding hydrogens is 393 g/mol. The lowest BCUT2D eigenvalue weighted by Gasteiger charge is -2.11. The van der Waals surface area contributed by atoms with Crippen molar-refractivity contribution in [2.45, 2.75) is 13.0 Å². The van der Waals surface area contributed by atoms with Crippen LogP contribution < -0.4 is 5.32 Å². The molecule has 110 valence electrons. The van der Waals surface area contributed by atoms with E-state index in [1.165, 1.54) is 12.3 Å². The van der Waals surface area contributed by atoms with E-state index in [2.05, 4.69) is 10.3 Å². The zero-order valence-corrected chi connectivity index (χ0v) is 12.9. The molecule has 1 amide bonds. The molecule has 2 aromatic rings. The van der Waals surface area contributed by atoms with Crippen molar-refractivity contribution in [3.63, 3.8) is 0 Å². The van der Waals surface area contributed by atoms with Crippen LogP contribution in [0.1, 0.15) is 17.6 Å². The first kappa shape index (κ1) is 15.6. The molecule has 21 heavy (non-hydrogen) atoms. The van der Waals surface area contributed by atoms with E-state index >= 15 is 0 Å². The summed E-state index contributed by atoms with van der Waals surface area (Å²) in [5, 5.41) is 2.25. The fraction of sp³-hybridized carbons (Fsp3) is 0.143. The van der Waals surface area contributed by atoms with Crippen LogP contribution in [0.2, 0.25) is 0 Å². The lowest BCUT2D eigenvalue weighted by molar-refractivity contribution is 0.149. The second kappa shape index (κ2) is 7.30. The maximum Gasteiger partial charge on any atom is 0.413 e. The van der Waals surface area contributed by atoms with E-state index in [9.17, 15) is 13.6 Å². The van der Waals surface area contributed by atoms with Crippen LogP contribution in [-0.4, -0.2) is 11.1 Å². The topological polar surface area (TPSA) is 51.2 Å². The van der Waals surface area contributed by atoms with Crippen LogP contribution >= 0.6 is 22.6 Å². The predicted molar refractivity (Wildman–Crippen MR) is 82.2 cm³/mol. The summed E-state index contributed by atoms with van der Waals surface area (Å²) in [5.41, 5.74) is 0.493. The van der Waals surface area contributed by atoms with Crippen molar-refractivity contribution in [1.82, 2.24) is 4.98 Å². The molecule has 0 saturated heterocycles. The number of carbonyl (C=O) groups excluding carboxylic acids is 1. The highest BCUT2D eigenvalue weighted by Crippen LogP contribution is 2.29. The second-order valence-corrected chi connectivity index (χ2v) is 5.20. The van der Waals surface area contributed by atoms with Gasteiger partial charge in [0.05, 0.1) is 5.56 Å². The maximum absolute atomic E-state index is 13.0. The molecule has 0 spiro atoms. The molecule has 0 fully saturated rings. The molecule has 0 radical (unpaired) electrons. The Hall–Kier alpha value is -1.77. The van der Waals surface area contributed by atoms with Crippen LogP contribution in [0.3, 0.4) is 0 Å². The van der Waals surface area contributed by atoms with Crippen LogP contribution in [0.15, 0.2) is 42.6 Å². The summed E-state index contributed by atoms with van der Waals surface area (Å²) in [7, 11) is 0. The number of halogens is 3. The minimum atomic E-state index is -2.73. The monoisotopic (exact) mass is 404 g/mol. The molecule has 0 aliphatic heterocycles. The van der Waals surface area contributed by atoms with E-state index in [1.807, 2.05) is 18.2 Å². The van der Waals surface area contributed by atoms with Gasteiger partial charge in [0.25, 0.3) is 6.43 Å². The number of aromatic nitrogens is 1. The summed E-state index contributed by atoms with van der Waals surface area (Å²) in [6.45, 7) is 0.0562. The fourth-order valence-corrected chi connectivity index (χ4v) is 2.26. The molecule has 0 bridgehead atoms. The Morgan fingerprint density at radius 1 is 1.29 bits per heavy atom. The zero-order chi connectivity index (χ0) is 15.2. The van der Waals surface area contributed by atoms with Gasteiger partial charge in [-0.2, -0.15) is 0 Å². The first-order valence-corrected chi connectivity index (χ1v) is 7.06. The third kappa shape index (κ3) is 4.35. The summed E-state index contributed by atoms with van der Waals surface area (Å²) in [6, 6.07) is 10.5. The maximum atomic E-state index is 13.0. The number of rotatable bonds is 4. The molecule has 0 aliphatic carbocycles. The number of hydrogen-bond acceptors (Lipinski definition) is 3. The van der Waals surface area contributed by atoms with Crippen LogP contribution in [-0.2, 0) is 11.3 Å². The van der Waals surface area contributed by atoms with Crippen LogP contribution in [0, 0.1) is 3.57 Å². The standard InChI is InChI=1S/C14H11F2IN2O2/c15-12(16)11-10(17)6-7-18-13(11)19-14(20)21-8-9-4-2-1-3-5-9/h1-7,12H,8H2,(H,18,19,20). The van der Waals surface area contributed by atoms with Gasteiger partial charge in [0.15, 0.2) is 0 Å². The SMILES string of the molecule is O=C(Nc1nccc(I)c1C(F)F)OCc1ccccc1. The number of ether oxygens (including phenoxy) is 1. The van der Waals surface area contributed by atoms with E-state index in [-0.39, 0.29) is 18.0 Å². The first-order chi connectivity index (χ1) is 10.1.